The van der Waals surface area contributed by atoms with Crippen LogP contribution in [0.15, 0.2) is 0 Å². The first-order valence-corrected chi connectivity index (χ1v) is 4.75. The van der Waals surface area contributed by atoms with E-state index in [-0.39, 0.29) is 11.9 Å². The Balaban J connectivity index is 4.15. The highest BCUT2D eigenvalue weighted by Crippen LogP contribution is 2.05. The maximum Gasteiger partial charge on any atom is 0.234 e. The molecule has 0 heterocycles. The van der Waals surface area contributed by atoms with Crippen molar-refractivity contribution in [3.8, 4) is 0 Å². The third-order valence-electron chi connectivity index (χ3n) is 2.19. The van der Waals surface area contributed by atoms with E-state index in [0.29, 0.717) is 12.6 Å². The van der Waals surface area contributed by atoms with Crippen LogP contribution in [0.4, 0.5) is 0 Å². The van der Waals surface area contributed by atoms with Crippen molar-refractivity contribution in [2.45, 2.75) is 39.3 Å². The van der Waals surface area contributed by atoms with E-state index in [4.69, 9.17) is 11.5 Å². The zero-order chi connectivity index (χ0) is 10.4. The van der Waals surface area contributed by atoms with Crippen LogP contribution in [0.3, 0.4) is 0 Å². The second kappa shape index (κ2) is 5.94. The van der Waals surface area contributed by atoms with Crippen LogP contribution in [0.1, 0.15) is 27.2 Å². The molecule has 0 aliphatic heterocycles. The van der Waals surface area contributed by atoms with Gasteiger partial charge in [0, 0.05) is 12.6 Å². The molecule has 1 amide bonds. The molecule has 0 radical (unpaired) electrons. The highest BCUT2D eigenvalue weighted by Gasteiger charge is 2.20. The van der Waals surface area contributed by atoms with Crippen LogP contribution in [0.2, 0.25) is 0 Å². The average Bonchev–Trinajstić information content (AvgIpc) is 2.04. The molecular weight excluding hydrogens is 166 g/mol. The number of hydrogen-bond donors (Lipinski definition) is 2. The summed E-state index contributed by atoms with van der Waals surface area (Å²) in [6.07, 6.45) is 0.899. The lowest BCUT2D eigenvalue weighted by atomic mass is 10.2. The molecule has 0 fully saturated rings. The molecule has 0 rings (SSSR count). The number of primary amides is 1. The Labute approximate surface area is 80.3 Å². The first-order chi connectivity index (χ1) is 6.00. The third-order valence-corrected chi connectivity index (χ3v) is 2.19. The minimum atomic E-state index is -0.272. The second-order valence-corrected chi connectivity index (χ2v) is 3.55. The van der Waals surface area contributed by atoms with Crippen molar-refractivity contribution in [2.24, 2.45) is 11.5 Å². The monoisotopic (exact) mass is 187 g/mol. The zero-order valence-corrected chi connectivity index (χ0v) is 8.79. The summed E-state index contributed by atoms with van der Waals surface area (Å²) in [6, 6.07) is 0.126. The molecule has 0 aliphatic carbocycles. The first kappa shape index (κ1) is 12.4. The molecular formula is C9H21N3O. The average molecular weight is 187 g/mol. The van der Waals surface area contributed by atoms with Crippen LogP contribution in [0.5, 0.6) is 0 Å². The van der Waals surface area contributed by atoms with Crippen molar-refractivity contribution in [1.82, 2.24) is 4.90 Å². The van der Waals surface area contributed by atoms with E-state index in [1.54, 1.807) is 0 Å². The maximum atomic E-state index is 11.0. The smallest absolute Gasteiger partial charge is 0.234 e. The lowest BCUT2D eigenvalue weighted by Crippen LogP contribution is -2.47. The summed E-state index contributed by atoms with van der Waals surface area (Å²) in [5.41, 5.74) is 10.6. The largest absolute Gasteiger partial charge is 0.368 e. The molecule has 0 saturated heterocycles. The van der Waals surface area contributed by atoms with Gasteiger partial charge >= 0.3 is 0 Å². The standard InChI is InChI=1S/C9H21N3O/c1-7(2)12(6-4-5-10)8(3)9(11)13/h7-8H,4-6,10H2,1-3H3,(H2,11,13). The zero-order valence-electron chi connectivity index (χ0n) is 8.79. The molecule has 1 atom stereocenters. The van der Waals surface area contributed by atoms with Gasteiger partial charge in [0.2, 0.25) is 5.91 Å². The fourth-order valence-corrected chi connectivity index (χ4v) is 1.34. The van der Waals surface area contributed by atoms with Gasteiger partial charge in [0.05, 0.1) is 6.04 Å². The summed E-state index contributed by atoms with van der Waals surface area (Å²) in [7, 11) is 0. The molecule has 0 spiro atoms. The van der Waals surface area contributed by atoms with Gasteiger partial charge in [0.15, 0.2) is 0 Å². The number of rotatable bonds is 6. The number of carbonyl (C=O) groups is 1. The molecule has 0 bridgehead atoms. The van der Waals surface area contributed by atoms with Crippen LogP contribution in [0.25, 0.3) is 0 Å². The molecule has 4 heteroatoms. The summed E-state index contributed by atoms with van der Waals surface area (Å²) in [5, 5.41) is 0. The quantitative estimate of drug-likeness (QED) is 0.611. The van der Waals surface area contributed by atoms with Crippen molar-refractivity contribution in [3.05, 3.63) is 0 Å². The van der Waals surface area contributed by atoms with E-state index in [0.717, 1.165) is 13.0 Å². The van der Waals surface area contributed by atoms with Gasteiger partial charge in [0.25, 0.3) is 0 Å². The van der Waals surface area contributed by atoms with Crippen molar-refractivity contribution >= 4 is 5.91 Å². The Bertz CT molecular complexity index is 159. The van der Waals surface area contributed by atoms with E-state index in [2.05, 4.69) is 18.7 Å². The summed E-state index contributed by atoms with van der Waals surface area (Å²) < 4.78 is 0. The first-order valence-electron chi connectivity index (χ1n) is 4.75. The fraction of sp³-hybridized carbons (Fsp3) is 0.889. The predicted octanol–water partition coefficient (Wildman–Crippen LogP) is -0.0806. The van der Waals surface area contributed by atoms with Gasteiger partial charge in [-0.1, -0.05) is 0 Å². The van der Waals surface area contributed by atoms with Crippen LogP contribution in [-0.4, -0.2) is 36.0 Å². The topological polar surface area (TPSA) is 72.3 Å². The molecule has 0 aromatic carbocycles. The Morgan fingerprint density at radius 1 is 1.38 bits per heavy atom. The van der Waals surface area contributed by atoms with Gasteiger partial charge in [-0.3, -0.25) is 9.69 Å². The van der Waals surface area contributed by atoms with Crippen molar-refractivity contribution in [2.75, 3.05) is 13.1 Å². The molecule has 0 aliphatic rings. The molecule has 78 valence electrons. The minimum absolute atomic E-state index is 0.202. The molecule has 13 heavy (non-hydrogen) atoms. The number of nitrogens with zero attached hydrogens (tertiary/aromatic N) is 1. The third kappa shape index (κ3) is 4.24. The summed E-state index contributed by atoms with van der Waals surface area (Å²) in [4.78, 5) is 13.0. The molecule has 1 unspecified atom stereocenters. The highest BCUT2D eigenvalue weighted by molar-refractivity contribution is 5.79. The van der Waals surface area contributed by atoms with Crippen molar-refractivity contribution in [1.29, 1.82) is 0 Å². The number of amides is 1. The predicted molar refractivity (Wildman–Crippen MR) is 54.2 cm³/mol. The number of nitrogens with two attached hydrogens (primary N) is 2. The van der Waals surface area contributed by atoms with Gasteiger partial charge in [-0.2, -0.15) is 0 Å². The Hall–Kier alpha value is -0.610. The lowest BCUT2D eigenvalue weighted by Gasteiger charge is -2.30. The van der Waals surface area contributed by atoms with E-state index >= 15 is 0 Å². The number of hydrogen-bond acceptors (Lipinski definition) is 3. The normalized spacial score (nSPS) is 13.7. The molecule has 0 aromatic heterocycles. The van der Waals surface area contributed by atoms with Crippen LogP contribution < -0.4 is 11.5 Å². The van der Waals surface area contributed by atoms with Gasteiger partial charge in [-0.15, -0.1) is 0 Å². The SMILES string of the molecule is CC(C)N(CCCN)C(C)C(N)=O. The number of carbonyl (C=O) groups excluding carboxylic acids is 1. The van der Waals surface area contributed by atoms with E-state index in [1.165, 1.54) is 0 Å². The Morgan fingerprint density at radius 3 is 2.23 bits per heavy atom. The van der Waals surface area contributed by atoms with Crippen LogP contribution in [-0.2, 0) is 4.79 Å². The van der Waals surface area contributed by atoms with Crippen molar-refractivity contribution < 1.29 is 4.79 Å². The minimum Gasteiger partial charge on any atom is -0.368 e. The van der Waals surface area contributed by atoms with E-state index in [9.17, 15) is 4.79 Å². The summed E-state index contributed by atoms with van der Waals surface area (Å²) >= 11 is 0. The molecule has 0 aromatic rings. The van der Waals surface area contributed by atoms with Gasteiger partial charge in [-0.05, 0) is 33.7 Å². The fourth-order valence-electron chi connectivity index (χ4n) is 1.34. The van der Waals surface area contributed by atoms with Gasteiger partial charge < -0.3 is 11.5 Å². The van der Waals surface area contributed by atoms with Crippen LogP contribution >= 0.6 is 0 Å². The van der Waals surface area contributed by atoms with Gasteiger partial charge in [0.1, 0.15) is 0 Å². The second-order valence-electron chi connectivity index (χ2n) is 3.55. The summed E-state index contributed by atoms with van der Waals surface area (Å²) in [5.74, 6) is -0.272. The Morgan fingerprint density at radius 2 is 1.92 bits per heavy atom. The molecule has 4 N–H and O–H groups in total. The molecule has 0 saturated carbocycles. The highest BCUT2D eigenvalue weighted by atomic mass is 16.1. The Kier molecular flexibility index (Phi) is 5.66. The van der Waals surface area contributed by atoms with Crippen LogP contribution in [0, 0.1) is 0 Å². The summed E-state index contributed by atoms with van der Waals surface area (Å²) in [6.45, 7) is 7.41. The van der Waals surface area contributed by atoms with E-state index in [1.807, 2.05) is 6.92 Å². The van der Waals surface area contributed by atoms with Crippen molar-refractivity contribution in [3.63, 3.8) is 0 Å². The van der Waals surface area contributed by atoms with E-state index < -0.39 is 0 Å². The maximum absolute atomic E-state index is 11.0. The van der Waals surface area contributed by atoms with Gasteiger partial charge in [-0.25, -0.2) is 0 Å². The molecule has 4 nitrogen and oxygen atoms in total. The lowest BCUT2D eigenvalue weighted by molar-refractivity contribution is -0.123.